The van der Waals surface area contributed by atoms with Crippen LogP contribution in [0.2, 0.25) is 5.02 Å². The van der Waals surface area contributed by atoms with E-state index in [2.05, 4.69) is 10.4 Å². The van der Waals surface area contributed by atoms with Crippen molar-refractivity contribution in [3.05, 3.63) is 99.8 Å². The Morgan fingerprint density at radius 2 is 1.56 bits per heavy atom. The van der Waals surface area contributed by atoms with Gasteiger partial charge in [0.25, 0.3) is 11.5 Å². The van der Waals surface area contributed by atoms with Crippen molar-refractivity contribution >= 4 is 28.4 Å². The van der Waals surface area contributed by atoms with E-state index in [0.717, 1.165) is 5.56 Å². The number of halogens is 1. The van der Waals surface area contributed by atoms with Crippen molar-refractivity contribution < 1.29 is 4.79 Å². The van der Waals surface area contributed by atoms with Crippen molar-refractivity contribution in [1.82, 2.24) is 9.66 Å². The topological polar surface area (TPSA) is 64.0 Å². The van der Waals surface area contributed by atoms with Crippen LogP contribution >= 0.6 is 11.6 Å². The second-order valence-electron chi connectivity index (χ2n) is 5.91. The number of nitrogens with zero attached hydrogens (tertiary/aromatic N) is 2. The lowest BCUT2D eigenvalue weighted by molar-refractivity contribution is 0.101. The van der Waals surface area contributed by atoms with Gasteiger partial charge in [0.05, 0.1) is 10.9 Å². The molecule has 0 spiro atoms. The average molecular weight is 376 g/mol. The Labute approximate surface area is 159 Å². The van der Waals surface area contributed by atoms with Crippen LogP contribution in [0.4, 0.5) is 0 Å². The van der Waals surface area contributed by atoms with E-state index in [1.54, 1.807) is 42.5 Å². The standard InChI is InChI=1S/C21H14ClN3O2/c22-16-12-10-15(11-13-16)20(26)24-25-19(14-6-2-1-3-7-14)23-18-9-5-4-8-17(18)21(25)27/h1-13H,(H,24,26). The first-order chi connectivity index (χ1) is 13.1. The first-order valence-corrected chi connectivity index (χ1v) is 8.65. The number of carbonyl (C=O) groups is 1. The summed E-state index contributed by atoms with van der Waals surface area (Å²) in [6.07, 6.45) is 0. The summed E-state index contributed by atoms with van der Waals surface area (Å²) in [5, 5.41) is 0.953. The van der Waals surface area contributed by atoms with Gasteiger partial charge in [-0.25, -0.2) is 4.98 Å². The lowest BCUT2D eigenvalue weighted by atomic mass is 10.2. The van der Waals surface area contributed by atoms with Crippen LogP contribution < -0.4 is 11.0 Å². The lowest BCUT2D eigenvalue weighted by Gasteiger charge is -2.14. The molecule has 0 aliphatic rings. The number of benzene rings is 3. The van der Waals surface area contributed by atoms with Crippen LogP contribution in [0.25, 0.3) is 22.3 Å². The fraction of sp³-hybridized carbons (Fsp3) is 0. The highest BCUT2D eigenvalue weighted by Crippen LogP contribution is 2.18. The number of carbonyl (C=O) groups excluding carboxylic acids is 1. The first-order valence-electron chi connectivity index (χ1n) is 8.27. The molecular formula is C21H14ClN3O2. The van der Waals surface area contributed by atoms with Gasteiger partial charge in [0.15, 0.2) is 5.82 Å². The molecule has 132 valence electrons. The summed E-state index contributed by atoms with van der Waals surface area (Å²) >= 11 is 5.88. The number of nitrogens with one attached hydrogen (secondary N) is 1. The Hall–Kier alpha value is -3.44. The maximum absolute atomic E-state index is 13.0. The minimum Gasteiger partial charge on any atom is -0.267 e. The minimum atomic E-state index is -0.428. The summed E-state index contributed by atoms with van der Waals surface area (Å²) in [4.78, 5) is 30.3. The molecule has 0 saturated carbocycles. The van der Waals surface area contributed by atoms with E-state index < -0.39 is 5.91 Å². The summed E-state index contributed by atoms with van der Waals surface area (Å²) in [7, 11) is 0. The van der Waals surface area contributed by atoms with Gasteiger partial charge < -0.3 is 0 Å². The molecule has 4 rings (SSSR count). The number of amides is 1. The largest absolute Gasteiger partial charge is 0.280 e. The molecule has 3 aromatic carbocycles. The van der Waals surface area contributed by atoms with Crippen LogP contribution in [0.3, 0.4) is 0 Å². The number of para-hydroxylation sites is 1. The molecule has 0 atom stereocenters. The molecule has 1 aromatic heterocycles. The molecule has 27 heavy (non-hydrogen) atoms. The van der Waals surface area contributed by atoms with Gasteiger partial charge in [-0.1, -0.05) is 54.1 Å². The molecule has 5 nitrogen and oxygen atoms in total. The number of hydrogen-bond acceptors (Lipinski definition) is 3. The smallest absolute Gasteiger partial charge is 0.267 e. The molecule has 4 aromatic rings. The van der Waals surface area contributed by atoms with Gasteiger partial charge >= 0.3 is 0 Å². The lowest BCUT2D eigenvalue weighted by Crippen LogP contribution is -2.35. The zero-order valence-corrected chi connectivity index (χ0v) is 14.9. The van der Waals surface area contributed by atoms with E-state index in [9.17, 15) is 9.59 Å². The molecular weight excluding hydrogens is 362 g/mol. The van der Waals surface area contributed by atoms with E-state index in [4.69, 9.17) is 11.6 Å². The fourth-order valence-electron chi connectivity index (χ4n) is 2.78. The van der Waals surface area contributed by atoms with E-state index in [0.29, 0.717) is 27.3 Å². The van der Waals surface area contributed by atoms with Gasteiger partial charge in [-0.3, -0.25) is 15.0 Å². The summed E-state index contributed by atoms with van der Waals surface area (Å²) in [6.45, 7) is 0. The molecule has 0 aliphatic heterocycles. The Morgan fingerprint density at radius 1 is 0.889 bits per heavy atom. The average Bonchev–Trinajstić information content (AvgIpc) is 2.71. The molecule has 0 saturated heterocycles. The Balaban J connectivity index is 1.87. The first kappa shape index (κ1) is 17.0. The highest BCUT2D eigenvalue weighted by molar-refractivity contribution is 6.30. The summed E-state index contributed by atoms with van der Waals surface area (Å²) in [6, 6.07) is 22.7. The highest BCUT2D eigenvalue weighted by atomic mass is 35.5. The number of hydrogen-bond donors (Lipinski definition) is 1. The second-order valence-corrected chi connectivity index (χ2v) is 6.34. The van der Waals surface area contributed by atoms with Crippen LogP contribution in [-0.4, -0.2) is 15.6 Å². The quantitative estimate of drug-likeness (QED) is 0.586. The Bertz CT molecular complexity index is 1190. The van der Waals surface area contributed by atoms with Gasteiger partial charge in [-0.05, 0) is 36.4 Å². The normalized spacial score (nSPS) is 10.7. The molecule has 1 N–H and O–H groups in total. The highest BCUT2D eigenvalue weighted by Gasteiger charge is 2.15. The van der Waals surface area contributed by atoms with Gasteiger partial charge in [-0.2, -0.15) is 4.68 Å². The predicted octanol–water partition coefficient (Wildman–Crippen LogP) is 4.10. The van der Waals surface area contributed by atoms with E-state index in [-0.39, 0.29) is 5.56 Å². The number of aromatic nitrogens is 2. The fourth-order valence-corrected chi connectivity index (χ4v) is 2.91. The number of fused-ring (bicyclic) bond motifs is 1. The maximum atomic E-state index is 13.0. The van der Waals surface area contributed by atoms with Gasteiger partial charge in [0, 0.05) is 16.1 Å². The predicted molar refractivity (Wildman–Crippen MR) is 107 cm³/mol. The van der Waals surface area contributed by atoms with Crippen molar-refractivity contribution in [1.29, 1.82) is 0 Å². The molecule has 0 fully saturated rings. The Kier molecular flexibility index (Phi) is 4.44. The van der Waals surface area contributed by atoms with Gasteiger partial charge in [0.1, 0.15) is 0 Å². The van der Waals surface area contributed by atoms with Crippen LogP contribution in [0.5, 0.6) is 0 Å². The number of rotatable bonds is 3. The van der Waals surface area contributed by atoms with Crippen LogP contribution in [-0.2, 0) is 0 Å². The molecule has 1 heterocycles. The van der Waals surface area contributed by atoms with Gasteiger partial charge in [-0.15, -0.1) is 0 Å². The van der Waals surface area contributed by atoms with Crippen molar-refractivity contribution in [2.75, 3.05) is 5.43 Å². The molecule has 6 heteroatoms. The second kappa shape index (κ2) is 7.05. The zero-order chi connectivity index (χ0) is 18.8. The summed E-state index contributed by atoms with van der Waals surface area (Å²) < 4.78 is 1.19. The molecule has 0 unspecified atom stereocenters. The zero-order valence-electron chi connectivity index (χ0n) is 14.1. The third-order valence-electron chi connectivity index (χ3n) is 4.13. The van der Waals surface area contributed by atoms with Crippen molar-refractivity contribution in [2.45, 2.75) is 0 Å². The van der Waals surface area contributed by atoms with Crippen LogP contribution in [0.1, 0.15) is 10.4 Å². The van der Waals surface area contributed by atoms with Crippen molar-refractivity contribution in [3.63, 3.8) is 0 Å². The Morgan fingerprint density at radius 3 is 2.30 bits per heavy atom. The summed E-state index contributed by atoms with van der Waals surface area (Å²) in [5.74, 6) is -0.0651. The van der Waals surface area contributed by atoms with Crippen molar-refractivity contribution in [2.24, 2.45) is 0 Å². The van der Waals surface area contributed by atoms with Crippen LogP contribution in [0, 0.1) is 0 Å². The maximum Gasteiger partial charge on any atom is 0.280 e. The third-order valence-corrected chi connectivity index (χ3v) is 4.38. The summed E-state index contributed by atoms with van der Waals surface area (Å²) in [5.41, 5.74) is 3.99. The molecule has 0 radical (unpaired) electrons. The van der Waals surface area contributed by atoms with E-state index in [1.165, 1.54) is 4.68 Å². The minimum absolute atomic E-state index is 0.346. The van der Waals surface area contributed by atoms with Crippen LogP contribution in [0.15, 0.2) is 83.7 Å². The SMILES string of the molecule is O=C(Nn1c(-c2ccccc2)nc2ccccc2c1=O)c1ccc(Cl)cc1. The molecule has 1 amide bonds. The molecule has 0 aliphatic carbocycles. The third kappa shape index (κ3) is 3.32. The molecule has 0 bridgehead atoms. The van der Waals surface area contributed by atoms with Gasteiger partial charge in [0.2, 0.25) is 0 Å². The van der Waals surface area contributed by atoms with E-state index >= 15 is 0 Å². The van der Waals surface area contributed by atoms with E-state index in [1.807, 2.05) is 36.4 Å². The monoisotopic (exact) mass is 375 g/mol. The van der Waals surface area contributed by atoms with Crippen molar-refractivity contribution in [3.8, 4) is 11.4 Å².